The Morgan fingerprint density at radius 3 is 2.75 bits per heavy atom. The Hall–Kier alpha value is -0.610. The zero-order valence-electron chi connectivity index (χ0n) is 6.47. The fourth-order valence-electron chi connectivity index (χ4n) is 0.851. The Bertz CT molecular complexity index is 289. The molecule has 1 aromatic rings. The third-order valence-electron chi connectivity index (χ3n) is 1.48. The lowest BCUT2D eigenvalue weighted by molar-refractivity contribution is 0.274. The van der Waals surface area contributed by atoms with Gasteiger partial charge in [-0.05, 0) is 28.1 Å². The van der Waals surface area contributed by atoms with Gasteiger partial charge in [0, 0.05) is 5.56 Å². The van der Waals surface area contributed by atoms with Gasteiger partial charge in [-0.1, -0.05) is 0 Å². The average molecular weight is 235 g/mol. The molecule has 0 spiro atoms. The van der Waals surface area contributed by atoms with E-state index in [1.54, 1.807) is 0 Å². The maximum atomic E-state index is 13.1. The molecule has 2 nitrogen and oxygen atoms in total. The minimum Gasteiger partial charge on any atom is -0.497 e. The van der Waals surface area contributed by atoms with Crippen molar-refractivity contribution in [1.82, 2.24) is 0 Å². The summed E-state index contributed by atoms with van der Waals surface area (Å²) in [5, 5.41) is 8.75. The summed E-state index contributed by atoms with van der Waals surface area (Å²) in [6.07, 6.45) is 0. The number of benzene rings is 1. The predicted octanol–water partition coefficient (Wildman–Crippen LogP) is 2.09. The molecular formula is C8H8BrFO2. The number of aliphatic hydroxyl groups is 1. The molecule has 0 saturated carbocycles. The normalized spacial score (nSPS) is 10.0. The van der Waals surface area contributed by atoms with E-state index in [0.717, 1.165) is 0 Å². The van der Waals surface area contributed by atoms with Crippen LogP contribution in [0.4, 0.5) is 4.39 Å². The zero-order valence-corrected chi connectivity index (χ0v) is 8.06. The smallest absolute Gasteiger partial charge is 0.143 e. The van der Waals surface area contributed by atoms with E-state index in [4.69, 9.17) is 9.84 Å². The first-order chi connectivity index (χ1) is 5.69. The minimum absolute atomic E-state index is 0.223. The van der Waals surface area contributed by atoms with E-state index in [0.29, 0.717) is 10.2 Å². The zero-order chi connectivity index (χ0) is 9.14. The van der Waals surface area contributed by atoms with Crippen LogP contribution in [0.1, 0.15) is 5.56 Å². The van der Waals surface area contributed by atoms with E-state index in [1.165, 1.54) is 19.2 Å². The van der Waals surface area contributed by atoms with Gasteiger partial charge in [0.05, 0.1) is 18.2 Å². The van der Waals surface area contributed by atoms with Gasteiger partial charge in [-0.25, -0.2) is 4.39 Å². The minimum atomic E-state index is -0.446. The first-order valence-electron chi connectivity index (χ1n) is 3.31. The summed E-state index contributed by atoms with van der Waals surface area (Å²) in [6.45, 7) is -0.332. The van der Waals surface area contributed by atoms with E-state index in [1.807, 2.05) is 0 Å². The van der Waals surface area contributed by atoms with Crippen molar-refractivity contribution in [3.8, 4) is 5.75 Å². The first-order valence-corrected chi connectivity index (χ1v) is 4.11. The Labute approximate surface area is 78.1 Å². The van der Waals surface area contributed by atoms with Crippen molar-refractivity contribution < 1.29 is 14.2 Å². The highest BCUT2D eigenvalue weighted by Crippen LogP contribution is 2.25. The van der Waals surface area contributed by atoms with Gasteiger partial charge in [0.1, 0.15) is 11.6 Å². The van der Waals surface area contributed by atoms with Crippen molar-refractivity contribution in [3.63, 3.8) is 0 Å². The number of ether oxygens (including phenoxy) is 1. The Morgan fingerprint density at radius 1 is 1.58 bits per heavy atom. The molecule has 0 aliphatic heterocycles. The van der Waals surface area contributed by atoms with Crippen LogP contribution in [0.3, 0.4) is 0 Å². The highest BCUT2D eigenvalue weighted by molar-refractivity contribution is 9.10. The maximum Gasteiger partial charge on any atom is 0.143 e. The summed E-state index contributed by atoms with van der Waals surface area (Å²) < 4.78 is 18.2. The fourth-order valence-corrected chi connectivity index (χ4v) is 1.33. The third-order valence-corrected chi connectivity index (χ3v) is 2.06. The largest absolute Gasteiger partial charge is 0.497 e. The predicted molar refractivity (Wildman–Crippen MR) is 46.6 cm³/mol. The van der Waals surface area contributed by atoms with Gasteiger partial charge in [0.15, 0.2) is 0 Å². The molecule has 0 fully saturated rings. The molecule has 0 atom stereocenters. The van der Waals surface area contributed by atoms with Gasteiger partial charge >= 0.3 is 0 Å². The van der Waals surface area contributed by atoms with Crippen molar-refractivity contribution in [2.24, 2.45) is 0 Å². The number of methoxy groups -OCH3 is 1. The Balaban J connectivity index is 3.19. The van der Waals surface area contributed by atoms with E-state index < -0.39 is 5.82 Å². The highest BCUT2D eigenvalue weighted by atomic mass is 79.9. The monoisotopic (exact) mass is 234 g/mol. The summed E-state index contributed by atoms with van der Waals surface area (Å²) in [5.41, 5.74) is 0.223. The molecule has 1 N–H and O–H groups in total. The second kappa shape index (κ2) is 3.87. The number of aliphatic hydroxyl groups excluding tert-OH is 1. The molecule has 4 heteroatoms. The van der Waals surface area contributed by atoms with Crippen molar-refractivity contribution in [2.45, 2.75) is 6.61 Å². The maximum absolute atomic E-state index is 13.1. The molecule has 0 aliphatic rings. The van der Waals surface area contributed by atoms with Crippen LogP contribution < -0.4 is 4.74 Å². The average Bonchev–Trinajstić information content (AvgIpc) is 2.09. The van der Waals surface area contributed by atoms with E-state index in [2.05, 4.69) is 15.9 Å². The summed E-state index contributed by atoms with van der Waals surface area (Å²) in [4.78, 5) is 0. The molecular weight excluding hydrogens is 227 g/mol. The molecule has 0 unspecified atom stereocenters. The molecule has 1 rings (SSSR count). The lowest BCUT2D eigenvalue weighted by Crippen LogP contribution is -1.93. The van der Waals surface area contributed by atoms with Gasteiger partial charge in [-0.3, -0.25) is 0 Å². The molecule has 0 aliphatic carbocycles. The standard InChI is InChI=1S/C8H8BrFO2/c1-12-6-2-5(4-11)8(10)7(9)3-6/h2-3,11H,4H2,1H3. The summed E-state index contributed by atoms with van der Waals surface area (Å²) >= 11 is 3.01. The van der Waals surface area contributed by atoms with Crippen LogP contribution in [0.25, 0.3) is 0 Å². The van der Waals surface area contributed by atoms with Gasteiger partial charge in [0.25, 0.3) is 0 Å². The molecule has 0 heterocycles. The van der Waals surface area contributed by atoms with E-state index in [9.17, 15) is 4.39 Å². The molecule has 0 aromatic heterocycles. The molecule has 12 heavy (non-hydrogen) atoms. The van der Waals surface area contributed by atoms with Gasteiger partial charge < -0.3 is 9.84 Å². The number of hydrogen-bond acceptors (Lipinski definition) is 2. The van der Waals surface area contributed by atoms with E-state index >= 15 is 0 Å². The van der Waals surface area contributed by atoms with Crippen LogP contribution in [0, 0.1) is 5.82 Å². The van der Waals surface area contributed by atoms with Crippen LogP contribution in [-0.4, -0.2) is 12.2 Å². The summed E-state index contributed by atoms with van der Waals surface area (Å²) in [7, 11) is 1.49. The lowest BCUT2D eigenvalue weighted by atomic mass is 10.2. The van der Waals surface area contributed by atoms with Gasteiger partial charge in [0.2, 0.25) is 0 Å². The summed E-state index contributed by atoms with van der Waals surface area (Å²) in [6, 6.07) is 2.97. The highest BCUT2D eigenvalue weighted by Gasteiger charge is 2.07. The Kier molecular flexibility index (Phi) is 3.05. The molecule has 0 amide bonds. The van der Waals surface area contributed by atoms with Crippen molar-refractivity contribution in [3.05, 3.63) is 28.0 Å². The number of hydrogen-bond donors (Lipinski definition) is 1. The Morgan fingerprint density at radius 2 is 2.25 bits per heavy atom. The van der Waals surface area contributed by atoms with Gasteiger partial charge in [-0.2, -0.15) is 0 Å². The van der Waals surface area contributed by atoms with Crippen molar-refractivity contribution in [1.29, 1.82) is 0 Å². The number of rotatable bonds is 2. The van der Waals surface area contributed by atoms with Crippen LogP contribution >= 0.6 is 15.9 Å². The molecule has 1 aromatic carbocycles. The van der Waals surface area contributed by atoms with Crippen molar-refractivity contribution >= 4 is 15.9 Å². The van der Waals surface area contributed by atoms with Crippen LogP contribution in [0.5, 0.6) is 5.75 Å². The topological polar surface area (TPSA) is 29.5 Å². The van der Waals surface area contributed by atoms with Crippen LogP contribution in [0.15, 0.2) is 16.6 Å². The molecule has 66 valence electrons. The molecule has 0 saturated heterocycles. The first kappa shape index (κ1) is 9.48. The number of halogens is 2. The van der Waals surface area contributed by atoms with Crippen molar-refractivity contribution in [2.75, 3.05) is 7.11 Å². The quantitative estimate of drug-likeness (QED) is 0.850. The van der Waals surface area contributed by atoms with E-state index in [-0.39, 0.29) is 12.2 Å². The molecule has 0 radical (unpaired) electrons. The second-order valence-corrected chi connectivity index (χ2v) is 3.09. The summed E-state index contributed by atoms with van der Waals surface area (Å²) in [5.74, 6) is 0.0747. The fraction of sp³-hybridized carbons (Fsp3) is 0.250. The SMILES string of the molecule is COc1cc(Br)c(F)c(CO)c1. The van der Waals surface area contributed by atoms with Crippen LogP contribution in [0.2, 0.25) is 0 Å². The second-order valence-electron chi connectivity index (χ2n) is 2.24. The van der Waals surface area contributed by atoms with Crippen LogP contribution in [-0.2, 0) is 6.61 Å². The van der Waals surface area contributed by atoms with Gasteiger partial charge in [-0.15, -0.1) is 0 Å². The molecule has 0 bridgehead atoms. The lowest BCUT2D eigenvalue weighted by Gasteiger charge is -2.05. The third kappa shape index (κ3) is 1.76.